The Morgan fingerprint density at radius 3 is 2.36 bits per heavy atom. The molecule has 0 aliphatic carbocycles. The highest BCUT2D eigenvalue weighted by molar-refractivity contribution is 5.96. The van der Waals surface area contributed by atoms with Crippen molar-refractivity contribution in [3.05, 3.63) is 57.6 Å². The quantitative estimate of drug-likeness (QED) is 0.426. The molecule has 0 unspecified atom stereocenters. The number of benzene rings is 2. The molecule has 0 aliphatic heterocycles. The van der Waals surface area contributed by atoms with Gasteiger partial charge in [-0.2, -0.15) is 5.10 Å². The molecule has 2 rings (SSSR count). The number of nitrogens with zero attached hydrogens (tertiary/aromatic N) is 2. The van der Waals surface area contributed by atoms with Crippen LogP contribution in [-0.2, 0) is 4.79 Å². The van der Waals surface area contributed by atoms with Crippen LogP contribution in [0, 0.1) is 10.1 Å². The van der Waals surface area contributed by atoms with E-state index in [9.17, 15) is 19.7 Å². The summed E-state index contributed by atoms with van der Waals surface area (Å²) in [4.78, 5) is 33.6. The molecule has 0 atom stereocenters. The van der Waals surface area contributed by atoms with E-state index < -0.39 is 10.8 Å². The molecule has 10 nitrogen and oxygen atoms in total. The lowest BCUT2D eigenvalue weighted by molar-refractivity contribution is -0.385. The van der Waals surface area contributed by atoms with E-state index in [1.807, 2.05) is 0 Å². The zero-order valence-electron chi connectivity index (χ0n) is 15.4. The molecule has 2 N–H and O–H groups in total. The average molecular weight is 386 g/mol. The molecule has 2 aromatic carbocycles. The summed E-state index contributed by atoms with van der Waals surface area (Å²) in [7, 11) is 2.74. The fourth-order valence-corrected chi connectivity index (χ4v) is 2.31. The van der Waals surface area contributed by atoms with Gasteiger partial charge < -0.3 is 14.8 Å². The number of anilines is 1. The van der Waals surface area contributed by atoms with Crippen LogP contribution in [0.1, 0.15) is 22.8 Å². The van der Waals surface area contributed by atoms with Gasteiger partial charge in [0, 0.05) is 29.8 Å². The van der Waals surface area contributed by atoms with Gasteiger partial charge in [0.2, 0.25) is 5.91 Å². The van der Waals surface area contributed by atoms with Crippen molar-refractivity contribution in [2.75, 3.05) is 19.5 Å². The van der Waals surface area contributed by atoms with Gasteiger partial charge in [-0.05, 0) is 24.3 Å². The van der Waals surface area contributed by atoms with Crippen molar-refractivity contribution in [3.63, 3.8) is 0 Å². The lowest BCUT2D eigenvalue weighted by Gasteiger charge is -2.10. The highest BCUT2D eigenvalue weighted by atomic mass is 16.6. The first-order valence-electron chi connectivity index (χ1n) is 7.97. The highest BCUT2D eigenvalue weighted by Crippen LogP contribution is 2.34. The highest BCUT2D eigenvalue weighted by Gasteiger charge is 2.17. The molecule has 0 saturated carbocycles. The zero-order valence-corrected chi connectivity index (χ0v) is 15.4. The molecule has 2 amide bonds. The summed E-state index contributed by atoms with van der Waals surface area (Å²) in [6.45, 7) is 1.38. The predicted molar refractivity (Wildman–Crippen MR) is 102 cm³/mol. The molecule has 146 valence electrons. The van der Waals surface area contributed by atoms with E-state index in [2.05, 4.69) is 15.8 Å². The lowest BCUT2D eigenvalue weighted by atomic mass is 10.1. The molecule has 28 heavy (non-hydrogen) atoms. The first-order chi connectivity index (χ1) is 13.3. The van der Waals surface area contributed by atoms with Crippen LogP contribution in [-0.4, -0.2) is 37.2 Å². The van der Waals surface area contributed by atoms with Crippen LogP contribution in [0.25, 0.3) is 0 Å². The van der Waals surface area contributed by atoms with Crippen molar-refractivity contribution in [3.8, 4) is 11.5 Å². The van der Waals surface area contributed by atoms with Gasteiger partial charge in [-0.3, -0.25) is 19.7 Å². The largest absolute Gasteiger partial charge is 0.493 e. The second kappa shape index (κ2) is 9.12. The fourth-order valence-electron chi connectivity index (χ4n) is 2.31. The third kappa shape index (κ3) is 5.04. The summed E-state index contributed by atoms with van der Waals surface area (Å²) >= 11 is 0. The van der Waals surface area contributed by atoms with Gasteiger partial charge >= 0.3 is 0 Å². The third-order valence-electron chi connectivity index (χ3n) is 3.54. The van der Waals surface area contributed by atoms with Crippen LogP contribution in [0.15, 0.2) is 41.5 Å². The molecule has 0 spiro atoms. The van der Waals surface area contributed by atoms with Crippen molar-refractivity contribution in [1.82, 2.24) is 5.43 Å². The number of non-ortho nitro benzene ring substituents is 1. The molecule has 2 aromatic rings. The fraction of sp³-hybridized carbons (Fsp3) is 0.167. The predicted octanol–water partition coefficient (Wildman–Crippen LogP) is 2.33. The standard InChI is InChI=1S/C18H18N4O6/c1-11(23)20-14-6-4-12(5-7-14)18(24)21-19-10-13-8-15(22(25)26)9-16(27-2)17(13)28-3/h4-10H,1-3H3,(H,20,23)(H,21,24)/b19-10+. The van der Waals surface area contributed by atoms with Crippen molar-refractivity contribution in [2.24, 2.45) is 5.10 Å². The number of carbonyl (C=O) groups excluding carboxylic acids is 2. The molecule has 0 bridgehead atoms. The van der Waals surface area contributed by atoms with E-state index in [1.165, 1.54) is 51.6 Å². The van der Waals surface area contributed by atoms with Gasteiger partial charge in [0.25, 0.3) is 11.6 Å². The first kappa shape index (κ1) is 20.4. The summed E-state index contributed by atoms with van der Waals surface area (Å²) in [6.07, 6.45) is 1.22. The van der Waals surface area contributed by atoms with E-state index in [0.29, 0.717) is 11.3 Å². The second-order valence-corrected chi connectivity index (χ2v) is 5.49. The van der Waals surface area contributed by atoms with Gasteiger partial charge in [0.15, 0.2) is 11.5 Å². The van der Waals surface area contributed by atoms with E-state index in [1.54, 1.807) is 12.1 Å². The Balaban J connectivity index is 2.17. The number of amides is 2. The minimum absolute atomic E-state index is 0.165. The van der Waals surface area contributed by atoms with Gasteiger partial charge in [0.1, 0.15) is 0 Å². The Hall–Kier alpha value is -3.95. The van der Waals surface area contributed by atoms with Crippen LogP contribution >= 0.6 is 0 Å². The Bertz CT molecular complexity index is 924. The number of nitro benzene ring substituents is 1. The average Bonchev–Trinajstić information content (AvgIpc) is 2.67. The van der Waals surface area contributed by atoms with E-state index >= 15 is 0 Å². The minimum Gasteiger partial charge on any atom is -0.493 e. The summed E-state index contributed by atoms with van der Waals surface area (Å²) in [6, 6.07) is 8.67. The number of methoxy groups -OCH3 is 2. The minimum atomic E-state index is -0.575. The molecule has 0 radical (unpaired) electrons. The smallest absolute Gasteiger partial charge is 0.274 e. The number of hydrazone groups is 1. The first-order valence-corrected chi connectivity index (χ1v) is 7.97. The second-order valence-electron chi connectivity index (χ2n) is 5.49. The normalized spacial score (nSPS) is 10.4. The SMILES string of the molecule is COc1cc([N+](=O)[O-])cc(/C=N/NC(=O)c2ccc(NC(C)=O)cc2)c1OC. The Morgan fingerprint density at radius 2 is 1.82 bits per heavy atom. The third-order valence-corrected chi connectivity index (χ3v) is 3.54. The van der Waals surface area contributed by atoms with Crippen LogP contribution in [0.4, 0.5) is 11.4 Å². The molecular weight excluding hydrogens is 368 g/mol. The maximum atomic E-state index is 12.1. The zero-order chi connectivity index (χ0) is 20.7. The summed E-state index contributed by atoms with van der Waals surface area (Å²) in [5, 5.41) is 17.5. The lowest BCUT2D eigenvalue weighted by Crippen LogP contribution is -2.17. The van der Waals surface area contributed by atoms with Crippen molar-refractivity contribution in [1.29, 1.82) is 0 Å². The van der Waals surface area contributed by atoms with Gasteiger partial charge in [0.05, 0.1) is 31.4 Å². The molecule has 0 heterocycles. The number of hydrogen-bond acceptors (Lipinski definition) is 7. The van der Waals surface area contributed by atoms with Crippen LogP contribution in [0.5, 0.6) is 11.5 Å². The number of nitrogens with one attached hydrogen (secondary N) is 2. The number of ether oxygens (including phenoxy) is 2. The maximum absolute atomic E-state index is 12.1. The summed E-state index contributed by atoms with van der Waals surface area (Å²) < 4.78 is 10.3. The number of nitro groups is 1. The molecule has 0 fully saturated rings. The number of hydrogen-bond donors (Lipinski definition) is 2. The molecule has 0 aromatic heterocycles. The molecule has 10 heteroatoms. The molecule has 0 saturated heterocycles. The Kier molecular flexibility index (Phi) is 6.63. The van der Waals surface area contributed by atoms with Crippen LogP contribution < -0.4 is 20.2 Å². The van der Waals surface area contributed by atoms with Crippen LogP contribution in [0.2, 0.25) is 0 Å². The Labute approximate surface area is 160 Å². The monoisotopic (exact) mass is 386 g/mol. The topological polar surface area (TPSA) is 132 Å². The van der Waals surface area contributed by atoms with Gasteiger partial charge in [-0.1, -0.05) is 0 Å². The number of rotatable bonds is 7. The van der Waals surface area contributed by atoms with Crippen molar-refractivity contribution < 1.29 is 24.0 Å². The maximum Gasteiger partial charge on any atom is 0.274 e. The summed E-state index contributed by atoms with van der Waals surface area (Å²) in [5.74, 6) is -0.311. The van der Waals surface area contributed by atoms with E-state index in [4.69, 9.17) is 9.47 Å². The molecular formula is C18H18N4O6. The molecule has 0 aliphatic rings. The van der Waals surface area contributed by atoms with Gasteiger partial charge in [-0.15, -0.1) is 0 Å². The van der Waals surface area contributed by atoms with Crippen LogP contribution in [0.3, 0.4) is 0 Å². The van der Waals surface area contributed by atoms with Crippen molar-refractivity contribution >= 4 is 29.4 Å². The number of carbonyl (C=O) groups is 2. The Morgan fingerprint density at radius 1 is 1.14 bits per heavy atom. The van der Waals surface area contributed by atoms with E-state index in [-0.39, 0.29) is 28.7 Å². The van der Waals surface area contributed by atoms with E-state index in [0.717, 1.165) is 0 Å². The van der Waals surface area contributed by atoms with Crippen molar-refractivity contribution in [2.45, 2.75) is 6.92 Å². The summed E-state index contributed by atoms with van der Waals surface area (Å²) in [5.41, 5.74) is 3.24. The van der Waals surface area contributed by atoms with Gasteiger partial charge in [-0.25, -0.2) is 5.43 Å².